The first-order valence-electron chi connectivity index (χ1n) is 6.46. The number of hydrogen-bond donors (Lipinski definition) is 0. The van der Waals surface area contributed by atoms with Crippen LogP contribution in [0.2, 0.25) is 0 Å². The zero-order valence-corrected chi connectivity index (χ0v) is 11.5. The fraction of sp³-hybridized carbons (Fsp3) is 0.643. The third-order valence-corrected chi connectivity index (χ3v) is 4.20. The normalized spacial score (nSPS) is 24.6. The summed E-state index contributed by atoms with van der Waals surface area (Å²) in [6.45, 7) is 2.35. The standard InChI is InChI=1S/C14H21ClN2/c1-11-5-3-4-6-13(11)17(2)14-9-12(10-15)7-8-16-14/h7-9,11,13H,3-6,10H2,1-2H3. The van der Waals surface area contributed by atoms with Crippen molar-refractivity contribution in [2.24, 2.45) is 5.92 Å². The van der Waals surface area contributed by atoms with E-state index >= 15 is 0 Å². The highest BCUT2D eigenvalue weighted by Gasteiger charge is 2.25. The lowest BCUT2D eigenvalue weighted by molar-refractivity contribution is 0.320. The molecule has 2 atom stereocenters. The summed E-state index contributed by atoms with van der Waals surface area (Å²) in [4.78, 5) is 6.80. The van der Waals surface area contributed by atoms with Gasteiger partial charge in [0.1, 0.15) is 5.82 Å². The number of pyridine rings is 1. The highest BCUT2D eigenvalue weighted by Crippen LogP contribution is 2.29. The molecule has 1 fully saturated rings. The van der Waals surface area contributed by atoms with Crippen LogP contribution in [0.1, 0.15) is 38.2 Å². The largest absolute Gasteiger partial charge is 0.356 e. The van der Waals surface area contributed by atoms with E-state index in [1.807, 2.05) is 12.3 Å². The third-order valence-electron chi connectivity index (χ3n) is 3.89. The van der Waals surface area contributed by atoms with E-state index in [0.29, 0.717) is 11.9 Å². The van der Waals surface area contributed by atoms with Crippen LogP contribution in [0.15, 0.2) is 18.3 Å². The smallest absolute Gasteiger partial charge is 0.128 e. The second-order valence-corrected chi connectivity index (χ2v) is 5.36. The van der Waals surface area contributed by atoms with Crippen LogP contribution in [0.3, 0.4) is 0 Å². The van der Waals surface area contributed by atoms with Crippen molar-refractivity contribution in [3.05, 3.63) is 23.9 Å². The molecule has 1 heterocycles. The van der Waals surface area contributed by atoms with E-state index in [9.17, 15) is 0 Å². The molecule has 0 aliphatic heterocycles. The monoisotopic (exact) mass is 252 g/mol. The highest BCUT2D eigenvalue weighted by atomic mass is 35.5. The van der Waals surface area contributed by atoms with E-state index in [0.717, 1.165) is 17.3 Å². The minimum atomic E-state index is 0.559. The lowest BCUT2D eigenvalue weighted by Crippen LogP contribution is -2.39. The maximum absolute atomic E-state index is 5.87. The van der Waals surface area contributed by atoms with Gasteiger partial charge in [-0.15, -0.1) is 11.6 Å². The number of hydrogen-bond acceptors (Lipinski definition) is 2. The molecule has 0 radical (unpaired) electrons. The zero-order valence-electron chi connectivity index (χ0n) is 10.7. The van der Waals surface area contributed by atoms with Crippen molar-refractivity contribution in [2.45, 2.75) is 44.5 Å². The molecule has 2 nitrogen and oxygen atoms in total. The lowest BCUT2D eigenvalue weighted by atomic mass is 9.85. The van der Waals surface area contributed by atoms with Crippen LogP contribution >= 0.6 is 11.6 Å². The number of anilines is 1. The summed E-state index contributed by atoms with van der Waals surface area (Å²) in [5.41, 5.74) is 1.15. The SMILES string of the molecule is CC1CCCCC1N(C)c1cc(CCl)ccn1. The highest BCUT2D eigenvalue weighted by molar-refractivity contribution is 6.17. The summed E-state index contributed by atoms with van der Waals surface area (Å²) in [5.74, 6) is 2.38. The Kier molecular flexibility index (Phi) is 4.27. The lowest BCUT2D eigenvalue weighted by Gasteiger charge is -2.37. The molecule has 17 heavy (non-hydrogen) atoms. The van der Waals surface area contributed by atoms with Crippen LogP contribution < -0.4 is 4.90 Å². The van der Waals surface area contributed by atoms with Gasteiger partial charge in [-0.05, 0) is 36.5 Å². The van der Waals surface area contributed by atoms with Gasteiger partial charge in [-0.3, -0.25) is 0 Å². The molecule has 3 heteroatoms. The van der Waals surface area contributed by atoms with Crippen molar-refractivity contribution in [3.63, 3.8) is 0 Å². The van der Waals surface area contributed by atoms with Crippen LogP contribution in [0.25, 0.3) is 0 Å². The summed E-state index contributed by atoms with van der Waals surface area (Å²) in [5, 5.41) is 0. The van der Waals surface area contributed by atoms with Crippen LogP contribution in [-0.4, -0.2) is 18.1 Å². The van der Waals surface area contributed by atoms with Gasteiger partial charge >= 0.3 is 0 Å². The molecule has 0 bridgehead atoms. The summed E-state index contributed by atoms with van der Waals surface area (Å²) in [6, 6.07) is 4.71. The molecular formula is C14H21ClN2. The summed E-state index contributed by atoms with van der Waals surface area (Å²) in [6.07, 6.45) is 7.20. The number of nitrogens with zero attached hydrogens (tertiary/aromatic N) is 2. The van der Waals surface area contributed by atoms with E-state index in [1.54, 1.807) is 0 Å². The van der Waals surface area contributed by atoms with Crippen LogP contribution in [0.5, 0.6) is 0 Å². The molecular weight excluding hydrogens is 232 g/mol. The average molecular weight is 253 g/mol. The molecule has 1 aromatic heterocycles. The Morgan fingerprint density at radius 1 is 1.41 bits per heavy atom. The maximum atomic E-state index is 5.87. The number of aromatic nitrogens is 1. The van der Waals surface area contributed by atoms with Crippen molar-refractivity contribution < 1.29 is 0 Å². The van der Waals surface area contributed by atoms with E-state index in [4.69, 9.17) is 11.6 Å². The maximum Gasteiger partial charge on any atom is 0.128 e. The summed E-state index contributed by atoms with van der Waals surface area (Å²) in [7, 11) is 2.16. The van der Waals surface area contributed by atoms with Gasteiger partial charge in [-0.2, -0.15) is 0 Å². The molecule has 2 rings (SSSR count). The fourth-order valence-corrected chi connectivity index (χ4v) is 2.94. The first kappa shape index (κ1) is 12.7. The van der Waals surface area contributed by atoms with Crippen molar-refractivity contribution in [1.29, 1.82) is 0 Å². The van der Waals surface area contributed by atoms with E-state index in [-0.39, 0.29) is 0 Å². The molecule has 1 aliphatic carbocycles. The number of alkyl halides is 1. The minimum Gasteiger partial charge on any atom is -0.356 e. The van der Waals surface area contributed by atoms with Crippen LogP contribution in [-0.2, 0) is 5.88 Å². The minimum absolute atomic E-state index is 0.559. The molecule has 0 N–H and O–H groups in total. The van der Waals surface area contributed by atoms with Gasteiger partial charge < -0.3 is 4.90 Å². The topological polar surface area (TPSA) is 16.1 Å². The first-order valence-corrected chi connectivity index (χ1v) is 6.99. The van der Waals surface area contributed by atoms with E-state index in [1.165, 1.54) is 25.7 Å². The third kappa shape index (κ3) is 2.92. The molecule has 0 saturated heterocycles. The Bertz CT molecular complexity index is 367. The average Bonchev–Trinajstić information content (AvgIpc) is 2.38. The van der Waals surface area contributed by atoms with Crippen LogP contribution in [0, 0.1) is 5.92 Å². The Morgan fingerprint density at radius 3 is 2.88 bits per heavy atom. The second kappa shape index (κ2) is 5.72. The van der Waals surface area contributed by atoms with Gasteiger partial charge in [0.25, 0.3) is 0 Å². The molecule has 0 spiro atoms. The Labute approximate surface area is 109 Å². The van der Waals surface area contributed by atoms with Crippen molar-refractivity contribution >= 4 is 17.4 Å². The molecule has 1 aromatic rings. The molecule has 0 aromatic carbocycles. The fourth-order valence-electron chi connectivity index (χ4n) is 2.78. The van der Waals surface area contributed by atoms with E-state index < -0.39 is 0 Å². The van der Waals surface area contributed by atoms with E-state index in [2.05, 4.69) is 29.9 Å². The Hall–Kier alpha value is -0.760. The molecule has 2 unspecified atom stereocenters. The van der Waals surface area contributed by atoms with Crippen molar-refractivity contribution in [1.82, 2.24) is 4.98 Å². The number of halogens is 1. The van der Waals surface area contributed by atoms with Gasteiger partial charge in [0.05, 0.1) is 0 Å². The van der Waals surface area contributed by atoms with Crippen LogP contribution in [0.4, 0.5) is 5.82 Å². The number of rotatable bonds is 3. The second-order valence-electron chi connectivity index (χ2n) is 5.10. The predicted octanol–water partition coefficient (Wildman–Crippen LogP) is 3.84. The first-order chi connectivity index (χ1) is 8.22. The van der Waals surface area contributed by atoms with Gasteiger partial charge in [0.15, 0.2) is 0 Å². The van der Waals surface area contributed by atoms with Crippen molar-refractivity contribution in [3.8, 4) is 0 Å². The molecule has 94 valence electrons. The van der Waals surface area contributed by atoms with Gasteiger partial charge in [0, 0.05) is 25.2 Å². The predicted molar refractivity (Wildman–Crippen MR) is 73.6 cm³/mol. The summed E-state index contributed by atoms with van der Waals surface area (Å²) < 4.78 is 0. The van der Waals surface area contributed by atoms with Gasteiger partial charge in [0.2, 0.25) is 0 Å². The Balaban J connectivity index is 2.14. The summed E-state index contributed by atoms with van der Waals surface area (Å²) >= 11 is 5.87. The van der Waals surface area contributed by atoms with Gasteiger partial charge in [-0.25, -0.2) is 4.98 Å². The zero-order chi connectivity index (χ0) is 12.3. The molecule has 1 aliphatic rings. The molecule has 0 amide bonds. The quantitative estimate of drug-likeness (QED) is 0.760. The van der Waals surface area contributed by atoms with Gasteiger partial charge in [-0.1, -0.05) is 19.8 Å². The van der Waals surface area contributed by atoms with Crippen molar-refractivity contribution in [2.75, 3.05) is 11.9 Å². The molecule has 1 saturated carbocycles. The Morgan fingerprint density at radius 2 is 2.18 bits per heavy atom.